The van der Waals surface area contributed by atoms with Gasteiger partial charge in [-0.25, -0.2) is 0 Å². The summed E-state index contributed by atoms with van der Waals surface area (Å²) in [5.74, 6) is 2.25. The van der Waals surface area contributed by atoms with E-state index in [9.17, 15) is 0 Å². The standard InChI is InChI=1S/C14H21N3OS/c1-9(2)13(11-6-5-7-19-11)15-8-12-16-14(10(3)4)17-18-12/h5-7,9-10,13,15H,8H2,1-4H3/t13-/m1/s1. The number of nitrogens with zero attached hydrogens (tertiary/aromatic N) is 2. The summed E-state index contributed by atoms with van der Waals surface area (Å²) in [6.07, 6.45) is 0. The van der Waals surface area contributed by atoms with E-state index >= 15 is 0 Å². The summed E-state index contributed by atoms with van der Waals surface area (Å²) in [6.45, 7) is 9.16. The van der Waals surface area contributed by atoms with E-state index in [0.29, 0.717) is 30.3 Å². The number of aromatic nitrogens is 2. The van der Waals surface area contributed by atoms with Crippen LogP contribution in [-0.4, -0.2) is 10.1 Å². The molecule has 2 aromatic rings. The second-order valence-electron chi connectivity index (χ2n) is 5.32. The lowest BCUT2D eigenvalue weighted by atomic mass is 10.0. The summed E-state index contributed by atoms with van der Waals surface area (Å²) in [4.78, 5) is 5.73. The van der Waals surface area contributed by atoms with E-state index in [2.05, 4.69) is 60.7 Å². The van der Waals surface area contributed by atoms with Crippen molar-refractivity contribution in [3.05, 3.63) is 34.1 Å². The largest absolute Gasteiger partial charge is 0.338 e. The Kier molecular flexibility index (Phi) is 4.71. The molecule has 0 fully saturated rings. The molecule has 0 spiro atoms. The predicted octanol–water partition coefficient (Wildman–Crippen LogP) is 3.74. The summed E-state index contributed by atoms with van der Waals surface area (Å²) in [6, 6.07) is 4.57. The third-order valence-corrected chi connectivity index (χ3v) is 3.95. The molecule has 0 aliphatic rings. The Morgan fingerprint density at radius 1 is 1.32 bits per heavy atom. The molecule has 0 amide bonds. The molecule has 1 N–H and O–H groups in total. The molecule has 104 valence electrons. The lowest BCUT2D eigenvalue weighted by Gasteiger charge is -2.20. The first-order valence-corrected chi connectivity index (χ1v) is 7.55. The van der Waals surface area contributed by atoms with Crippen LogP contribution in [0.1, 0.15) is 56.2 Å². The maximum absolute atomic E-state index is 5.25. The molecule has 0 aliphatic carbocycles. The van der Waals surface area contributed by atoms with Crippen LogP contribution >= 0.6 is 11.3 Å². The van der Waals surface area contributed by atoms with Crippen molar-refractivity contribution in [1.82, 2.24) is 15.5 Å². The van der Waals surface area contributed by atoms with Crippen molar-refractivity contribution < 1.29 is 4.52 Å². The van der Waals surface area contributed by atoms with E-state index in [1.807, 2.05) is 0 Å². The van der Waals surface area contributed by atoms with E-state index in [4.69, 9.17) is 4.52 Å². The fourth-order valence-corrected chi connectivity index (χ4v) is 2.88. The van der Waals surface area contributed by atoms with E-state index in [1.54, 1.807) is 11.3 Å². The van der Waals surface area contributed by atoms with Crippen LogP contribution < -0.4 is 5.32 Å². The highest BCUT2D eigenvalue weighted by Crippen LogP contribution is 2.26. The normalized spacial score (nSPS) is 13.4. The number of nitrogens with one attached hydrogen (secondary N) is 1. The van der Waals surface area contributed by atoms with Crippen molar-refractivity contribution in [3.8, 4) is 0 Å². The van der Waals surface area contributed by atoms with Crippen molar-refractivity contribution in [2.75, 3.05) is 0 Å². The van der Waals surface area contributed by atoms with Crippen LogP contribution in [0.15, 0.2) is 22.0 Å². The van der Waals surface area contributed by atoms with Crippen molar-refractivity contribution in [3.63, 3.8) is 0 Å². The second kappa shape index (κ2) is 6.30. The van der Waals surface area contributed by atoms with Gasteiger partial charge in [-0.15, -0.1) is 11.3 Å². The van der Waals surface area contributed by atoms with E-state index in [0.717, 1.165) is 5.82 Å². The molecule has 1 atom stereocenters. The SMILES string of the molecule is CC(C)c1noc(CN[C@@H](c2cccs2)C(C)C)n1. The minimum absolute atomic E-state index is 0.302. The van der Waals surface area contributed by atoms with Crippen molar-refractivity contribution >= 4 is 11.3 Å². The first-order valence-electron chi connectivity index (χ1n) is 6.67. The molecule has 0 radical (unpaired) electrons. The van der Waals surface area contributed by atoms with Gasteiger partial charge < -0.3 is 9.84 Å². The highest BCUT2D eigenvalue weighted by atomic mass is 32.1. The molecule has 2 heterocycles. The molecule has 19 heavy (non-hydrogen) atoms. The van der Waals surface area contributed by atoms with Crippen molar-refractivity contribution in [2.24, 2.45) is 5.92 Å². The second-order valence-corrected chi connectivity index (χ2v) is 6.30. The molecule has 0 aliphatic heterocycles. The smallest absolute Gasteiger partial charge is 0.240 e. The van der Waals surface area contributed by atoms with Gasteiger partial charge in [-0.3, -0.25) is 0 Å². The minimum atomic E-state index is 0.302. The average molecular weight is 279 g/mol. The Morgan fingerprint density at radius 3 is 2.63 bits per heavy atom. The average Bonchev–Trinajstić information content (AvgIpc) is 2.98. The Balaban J connectivity index is 1.99. The monoisotopic (exact) mass is 279 g/mol. The summed E-state index contributed by atoms with van der Waals surface area (Å²) < 4.78 is 5.25. The van der Waals surface area contributed by atoms with Gasteiger partial charge in [-0.2, -0.15) is 4.98 Å². The minimum Gasteiger partial charge on any atom is -0.338 e. The van der Waals surface area contributed by atoms with Gasteiger partial charge in [0.1, 0.15) is 0 Å². The molecular formula is C14H21N3OS. The number of hydrogen-bond donors (Lipinski definition) is 1. The summed E-state index contributed by atoms with van der Waals surface area (Å²) in [5, 5.41) is 9.59. The van der Waals surface area contributed by atoms with Crippen LogP contribution in [0.3, 0.4) is 0 Å². The van der Waals surface area contributed by atoms with Crippen molar-refractivity contribution in [1.29, 1.82) is 0 Å². The van der Waals surface area contributed by atoms with Gasteiger partial charge >= 0.3 is 0 Å². The predicted molar refractivity (Wildman–Crippen MR) is 77.1 cm³/mol. The molecule has 2 rings (SSSR count). The molecule has 4 nitrogen and oxygen atoms in total. The Hall–Kier alpha value is -1.20. The number of thiophene rings is 1. The Morgan fingerprint density at radius 2 is 2.11 bits per heavy atom. The molecule has 0 bridgehead atoms. The quantitative estimate of drug-likeness (QED) is 0.875. The van der Waals surface area contributed by atoms with Gasteiger partial charge in [0, 0.05) is 16.8 Å². The van der Waals surface area contributed by atoms with Crippen LogP contribution in [0.2, 0.25) is 0 Å². The fourth-order valence-electron chi connectivity index (χ4n) is 1.90. The van der Waals surface area contributed by atoms with Gasteiger partial charge in [0.25, 0.3) is 0 Å². The van der Waals surface area contributed by atoms with E-state index in [1.165, 1.54) is 4.88 Å². The van der Waals surface area contributed by atoms with Crippen LogP contribution in [0.25, 0.3) is 0 Å². The summed E-state index contributed by atoms with van der Waals surface area (Å²) >= 11 is 1.78. The van der Waals surface area contributed by atoms with Gasteiger partial charge in [0.2, 0.25) is 5.89 Å². The zero-order valence-corrected chi connectivity index (χ0v) is 12.7. The van der Waals surface area contributed by atoms with E-state index < -0.39 is 0 Å². The first kappa shape index (κ1) is 14.2. The third kappa shape index (κ3) is 3.64. The zero-order valence-electron chi connectivity index (χ0n) is 11.9. The highest BCUT2D eigenvalue weighted by Gasteiger charge is 2.18. The van der Waals surface area contributed by atoms with Gasteiger partial charge in [0.15, 0.2) is 5.82 Å². The number of hydrogen-bond acceptors (Lipinski definition) is 5. The molecule has 2 aromatic heterocycles. The van der Waals surface area contributed by atoms with Crippen LogP contribution in [-0.2, 0) is 6.54 Å². The zero-order chi connectivity index (χ0) is 13.8. The molecule has 0 saturated heterocycles. The number of rotatable bonds is 6. The van der Waals surface area contributed by atoms with Crippen LogP contribution in [0.4, 0.5) is 0 Å². The Labute approximate surface area is 118 Å². The maximum Gasteiger partial charge on any atom is 0.240 e. The van der Waals surface area contributed by atoms with Crippen molar-refractivity contribution in [2.45, 2.75) is 46.2 Å². The lowest BCUT2D eigenvalue weighted by molar-refractivity contribution is 0.336. The first-order chi connectivity index (χ1) is 9.08. The topological polar surface area (TPSA) is 51.0 Å². The molecule has 5 heteroatoms. The fraction of sp³-hybridized carbons (Fsp3) is 0.571. The van der Waals surface area contributed by atoms with Crippen LogP contribution in [0, 0.1) is 5.92 Å². The van der Waals surface area contributed by atoms with Gasteiger partial charge in [-0.05, 0) is 17.4 Å². The Bertz CT molecular complexity index is 491. The molecule has 0 saturated carbocycles. The summed E-state index contributed by atoms with van der Waals surface area (Å²) in [5.41, 5.74) is 0. The molecule has 0 unspecified atom stereocenters. The summed E-state index contributed by atoms with van der Waals surface area (Å²) in [7, 11) is 0. The lowest BCUT2D eigenvalue weighted by Crippen LogP contribution is -2.24. The molecule has 0 aromatic carbocycles. The van der Waals surface area contributed by atoms with E-state index in [-0.39, 0.29) is 0 Å². The molecular weight excluding hydrogens is 258 g/mol. The van der Waals surface area contributed by atoms with Gasteiger partial charge in [-0.1, -0.05) is 38.9 Å². The highest BCUT2D eigenvalue weighted by molar-refractivity contribution is 7.10. The maximum atomic E-state index is 5.25. The van der Waals surface area contributed by atoms with Crippen LogP contribution in [0.5, 0.6) is 0 Å². The van der Waals surface area contributed by atoms with Gasteiger partial charge in [0.05, 0.1) is 6.54 Å². The third-order valence-electron chi connectivity index (χ3n) is 2.99.